The second-order valence-corrected chi connectivity index (χ2v) is 3.78. The summed E-state index contributed by atoms with van der Waals surface area (Å²) in [4.78, 5) is 22.0. The number of carboxylic acids is 1. The first-order chi connectivity index (χ1) is 8.72. The summed E-state index contributed by atoms with van der Waals surface area (Å²) in [7, 11) is 2.37. The van der Waals surface area contributed by atoms with Crippen LogP contribution in [0.4, 0.5) is 8.78 Å². The quantitative estimate of drug-likeness (QED) is 0.657. The summed E-state index contributed by atoms with van der Waals surface area (Å²) >= 11 is 0. The molecule has 7 heteroatoms. The van der Waals surface area contributed by atoms with Crippen molar-refractivity contribution in [3.63, 3.8) is 0 Å². The van der Waals surface area contributed by atoms with Gasteiger partial charge in [0, 0.05) is 12.5 Å². The molecule has 0 aliphatic heterocycles. The van der Waals surface area contributed by atoms with E-state index in [9.17, 15) is 18.4 Å². The van der Waals surface area contributed by atoms with Crippen LogP contribution in [0.15, 0.2) is 12.1 Å². The number of aliphatic carboxylic acids is 1. The Kier molecular flexibility index (Phi) is 4.08. The topological polar surface area (TPSA) is 72.8 Å². The van der Waals surface area contributed by atoms with Crippen molar-refractivity contribution >= 4 is 11.8 Å². The van der Waals surface area contributed by atoms with Crippen LogP contribution in [0.5, 0.6) is 11.5 Å². The number of benzene rings is 1. The molecular formula is C12H12F2O5. The van der Waals surface area contributed by atoms with Crippen LogP contribution in [0, 0.1) is 0 Å². The van der Waals surface area contributed by atoms with E-state index in [0.29, 0.717) is 6.92 Å². The second-order valence-electron chi connectivity index (χ2n) is 3.78. The molecule has 0 radical (unpaired) electrons. The minimum atomic E-state index is -3.31. The minimum absolute atomic E-state index is 0.133. The maximum absolute atomic E-state index is 13.5. The van der Waals surface area contributed by atoms with Crippen LogP contribution in [0.1, 0.15) is 22.8 Å². The SMILES string of the molecule is COc1cc(C(=O)C(=O)O)cc(C(C)(F)F)c1OC. The van der Waals surface area contributed by atoms with Gasteiger partial charge in [-0.05, 0) is 12.1 Å². The highest BCUT2D eigenvalue weighted by Gasteiger charge is 2.32. The molecule has 0 aliphatic rings. The van der Waals surface area contributed by atoms with Crippen molar-refractivity contribution < 1.29 is 33.0 Å². The number of rotatable bonds is 5. The first-order valence-electron chi connectivity index (χ1n) is 5.14. The summed E-state index contributed by atoms with van der Waals surface area (Å²) in [5, 5.41) is 8.61. The maximum Gasteiger partial charge on any atom is 0.377 e. The fourth-order valence-electron chi connectivity index (χ4n) is 1.55. The van der Waals surface area contributed by atoms with Gasteiger partial charge in [0.1, 0.15) is 0 Å². The zero-order valence-electron chi connectivity index (χ0n) is 10.5. The maximum atomic E-state index is 13.5. The van der Waals surface area contributed by atoms with Gasteiger partial charge in [0.2, 0.25) is 0 Å². The van der Waals surface area contributed by atoms with Gasteiger partial charge in [-0.1, -0.05) is 0 Å². The van der Waals surface area contributed by atoms with Crippen LogP contribution < -0.4 is 9.47 Å². The predicted molar refractivity (Wildman–Crippen MR) is 61.1 cm³/mol. The predicted octanol–water partition coefficient (Wildman–Crippen LogP) is 2.08. The number of halogens is 2. The molecule has 0 aromatic heterocycles. The molecule has 19 heavy (non-hydrogen) atoms. The van der Waals surface area contributed by atoms with E-state index in [2.05, 4.69) is 0 Å². The van der Waals surface area contributed by atoms with Crippen molar-refractivity contribution in [3.8, 4) is 11.5 Å². The van der Waals surface area contributed by atoms with Gasteiger partial charge < -0.3 is 14.6 Å². The fourth-order valence-corrected chi connectivity index (χ4v) is 1.55. The number of carboxylic acid groups (broad SMARTS) is 1. The van der Waals surface area contributed by atoms with Gasteiger partial charge in [0.15, 0.2) is 11.5 Å². The number of alkyl halides is 2. The lowest BCUT2D eigenvalue weighted by Gasteiger charge is -2.18. The Balaban J connectivity index is 3.56. The van der Waals surface area contributed by atoms with Gasteiger partial charge in [-0.3, -0.25) is 4.79 Å². The number of Topliss-reactive ketones (excluding diaryl/α,β-unsaturated/α-hetero) is 1. The number of carbonyl (C=O) groups excluding carboxylic acids is 1. The lowest BCUT2D eigenvalue weighted by atomic mass is 10.0. The summed E-state index contributed by atoms with van der Waals surface area (Å²) in [6, 6.07) is 1.84. The van der Waals surface area contributed by atoms with Crippen LogP contribution in [-0.4, -0.2) is 31.1 Å². The van der Waals surface area contributed by atoms with Crippen LogP contribution in [0.2, 0.25) is 0 Å². The van der Waals surface area contributed by atoms with Crippen molar-refractivity contribution in [1.82, 2.24) is 0 Å². The van der Waals surface area contributed by atoms with E-state index in [4.69, 9.17) is 14.6 Å². The Morgan fingerprint density at radius 2 is 1.79 bits per heavy atom. The van der Waals surface area contributed by atoms with E-state index in [1.54, 1.807) is 0 Å². The molecule has 0 saturated carbocycles. The first kappa shape index (κ1) is 14.9. The van der Waals surface area contributed by atoms with Crippen LogP contribution in [0.25, 0.3) is 0 Å². The van der Waals surface area contributed by atoms with Crippen molar-refractivity contribution in [2.24, 2.45) is 0 Å². The Morgan fingerprint density at radius 1 is 1.21 bits per heavy atom. The van der Waals surface area contributed by atoms with Crippen LogP contribution in [-0.2, 0) is 10.7 Å². The van der Waals surface area contributed by atoms with E-state index in [0.717, 1.165) is 12.1 Å². The van der Waals surface area contributed by atoms with E-state index in [-0.39, 0.29) is 11.5 Å². The average molecular weight is 274 g/mol. The molecule has 1 aromatic rings. The molecular weight excluding hydrogens is 262 g/mol. The lowest BCUT2D eigenvalue weighted by molar-refractivity contribution is -0.131. The zero-order chi connectivity index (χ0) is 14.8. The zero-order valence-corrected chi connectivity index (χ0v) is 10.5. The molecule has 1 aromatic carbocycles. The number of ketones is 1. The Bertz CT molecular complexity index is 520. The molecule has 1 N–H and O–H groups in total. The van der Waals surface area contributed by atoms with Crippen LogP contribution >= 0.6 is 0 Å². The highest BCUT2D eigenvalue weighted by Crippen LogP contribution is 2.41. The molecule has 104 valence electrons. The monoisotopic (exact) mass is 274 g/mol. The third-order valence-corrected chi connectivity index (χ3v) is 2.41. The summed E-state index contributed by atoms with van der Waals surface area (Å²) in [6.07, 6.45) is 0. The highest BCUT2D eigenvalue weighted by molar-refractivity contribution is 6.40. The molecule has 0 aliphatic carbocycles. The third-order valence-electron chi connectivity index (χ3n) is 2.41. The largest absolute Gasteiger partial charge is 0.493 e. The molecule has 0 unspecified atom stereocenters. The highest BCUT2D eigenvalue weighted by atomic mass is 19.3. The number of methoxy groups -OCH3 is 2. The molecule has 1 rings (SSSR count). The van der Waals surface area contributed by atoms with Gasteiger partial charge in [-0.15, -0.1) is 0 Å². The molecule has 0 amide bonds. The Labute approximate surface area is 107 Å². The number of hydrogen-bond acceptors (Lipinski definition) is 4. The standard InChI is InChI=1S/C12H12F2O5/c1-12(13,14)7-4-6(9(15)11(16)17)5-8(18-2)10(7)19-3/h4-5H,1-3H3,(H,16,17). The van der Waals surface area contributed by atoms with E-state index in [1.807, 2.05) is 0 Å². The third kappa shape index (κ3) is 2.98. The molecule has 0 saturated heterocycles. The van der Waals surface area contributed by atoms with Crippen molar-refractivity contribution in [2.45, 2.75) is 12.8 Å². The Hall–Kier alpha value is -2.18. The molecule has 0 heterocycles. The van der Waals surface area contributed by atoms with Gasteiger partial charge in [-0.25, -0.2) is 13.6 Å². The summed E-state index contributed by atoms with van der Waals surface area (Å²) in [6.45, 7) is 0.610. The molecule has 0 atom stereocenters. The summed E-state index contributed by atoms with van der Waals surface area (Å²) in [5.74, 6) is -6.72. The molecule has 5 nitrogen and oxygen atoms in total. The van der Waals surface area contributed by atoms with Crippen LogP contribution in [0.3, 0.4) is 0 Å². The van der Waals surface area contributed by atoms with Gasteiger partial charge >= 0.3 is 5.97 Å². The second kappa shape index (κ2) is 5.21. The normalized spacial score (nSPS) is 11.0. The van der Waals surface area contributed by atoms with Crippen molar-refractivity contribution in [3.05, 3.63) is 23.3 Å². The van der Waals surface area contributed by atoms with E-state index >= 15 is 0 Å². The van der Waals surface area contributed by atoms with Gasteiger partial charge in [-0.2, -0.15) is 0 Å². The smallest absolute Gasteiger partial charge is 0.377 e. The minimum Gasteiger partial charge on any atom is -0.493 e. The van der Waals surface area contributed by atoms with E-state index < -0.39 is 28.8 Å². The first-order valence-corrected chi connectivity index (χ1v) is 5.14. The van der Waals surface area contributed by atoms with E-state index in [1.165, 1.54) is 14.2 Å². The lowest BCUT2D eigenvalue weighted by Crippen LogP contribution is -2.16. The summed E-state index contributed by atoms with van der Waals surface area (Å²) in [5.41, 5.74) is -1.01. The number of carbonyl (C=O) groups is 2. The van der Waals surface area contributed by atoms with Crippen molar-refractivity contribution in [2.75, 3.05) is 14.2 Å². The average Bonchev–Trinajstić information content (AvgIpc) is 2.34. The van der Waals surface area contributed by atoms with Gasteiger partial charge in [0.05, 0.1) is 19.8 Å². The summed E-state index contributed by atoms with van der Waals surface area (Å²) < 4.78 is 36.6. The van der Waals surface area contributed by atoms with Gasteiger partial charge in [0.25, 0.3) is 11.7 Å². The molecule has 0 spiro atoms. The van der Waals surface area contributed by atoms with Crippen molar-refractivity contribution in [1.29, 1.82) is 0 Å². The number of hydrogen-bond donors (Lipinski definition) is 1. The molecule has 0 bridgehead atoms. The number of ether oxygens (including phenoxy) is 2. The fraction of sp³-hybridized carbons (Fsp3) is 0.333. The Morgan fingerprint density at radius 3 is 2.16 bits per heavy atom. The molecule has 0 fully saturated rings.